The summed E-state index contributed by atoms with van der Waals surface area (Å²) in [5.41, 5.74) is 7.95. The molecule has 0 saturated carbocycles. The van der Waals surface area contributed by atoms with E-state index in [-0.39, 0.29) is 11.8 Å². The van der Waals surface area contributed by atoms with E-state index in [1.807, 2.05) is 0 Å². The first kappa shape index (κ1) is 9.77. The number of halogens is 1. The highest BCUT2D eigenvalue weighted by atomic mass is 19.1. The van der Waals surface area contributed by atoms with Gasteiger partial charge in [-0.15, -0.1) is 0 Å². The molecule has 0 atom stereocenters. The van der Waals surface area contributed by atoms with Crippen molar-refractivity contribution in [3.8, 4) is 11.1 Å². The smallest absolute Gasteiger partial charge is 0.198 e. The van der Waals surface area contributed by atoms with Crippen LogP contribution in [-0.2, 0) is 0 Å². The fourth-order valence-corrected chi connectivity index (χ4v) is 1.79. The van der Waals surface area contributed by atoms with Gasteiger partial charge < -0.3 is 10.7 Å². The van der Waals surface area contributed by atoms with Gasteiger partial charge in [-0.25, -0.2) is 9.37 Å². The molecule has 0 aliphatic heterocycles. The van der Waals surface area contributed by atoms with Crippen molar-refractivity contribution in [2.45, 2.75) is 0 Å². The molecule has 0 aliphatic rings. The number of nitrogens with one attached hydrogen (secondary N) is 1. The Kier molecular flexibility index (Phi) is 2.04. The molecule has 0 bridgehead atoms. The second-order valence-corrected chi connectivity index (χ2v) is 3.71. The van der Waals surface area contributed by atoms with Crippen LogP contribution in [0.15, 0.2) is 36.7 Å². The summed E-state index contributed by atoms with van der Waals surface area (Å²) in [4.78, 5) is 10.8. The van der Waals surface area contributed by atoms with Gasteiger partial charge in [0.25, 0.3) is 0 Å². The average Bonchev–Trinajstić information content (AvgIpc) is 2.68. The largest absolute Gasteiger partial charge is 0.369 e. The lowest BCUT2D eigenvalue weighted by molar-refractivity contribution is 0.633. The van der Waals surface area contributed by atoms with Crippen molar-refractivity contribution in [1.82, 2.24) is 15.0 Å². The summed E-state index contributed by atoms with van der Waals surface area (Å²) in [5, 5.41) is 0. The van der Waals surface area contributed by atoms with Crippen molar-refractivity contribution in [3.63, 3.8) is 0 Å². The molecule has 2 aromatic heterocycles. The Bertz CT molecular complexity index is 676. The van der Waals surface area contributed by atoms with E-state index in [0.29, 0.717) is 22.2 Å². The monoisotopic (exact) mass is 228 g/mol. The van der Waals surface area contributed by atoms with Crippen LogP contribution in [-0.4, -0.2) is 15.0 Å². The van der Waals surface area contributed by atoms with Gasteiger partial charge in [-0.05, 0) is 12.1 Å². The maximum atomic E-state index is 13.9. The first-order valence-corrected chi connectivity index (χ1v) is 5.09. The number of fused-ring (bicyclic) bond motifs is 1. The van der Waals surface area contributed by atoms with Crippen LogP contribution in [0.1, 0.15) is 0 Å². The van der Waals surface area contributed by atoms with Gasteiger partial charge in [-0.1, -0.05) is 6.07 Å². The molecule has 2 heterocycles. The second kappa shape index (κ2) is 3.55. The van der Waals surface area contributed by atoms with Gasteiger partial charge in [-0.3, -0.25) is 4.98 Å². The first-order valence-electron chi connectivity index (χ1n) is 5.09. The Morgan fingerprint density at radius 3 is 2.94 bits per heavy atom. The van der Waals surface area contributed by atoms with Crippen LogP contribution in [0.5, 0.6) is 0 Å². The molecule has 3 aromatic rings. The molecule has 0 aliphatic carbocycles. The van der Waals surface area contributed by atoms with Crippen molar-refractivity contribution >= 4 is 17.0 Å². The minimum atomic E-state index is -0.325. The summed E-state index contributed by atoms with van der Waals surface area (Å²) in [6.45, 7) is 0. The molecule has 5 heteroatoms. The summed E-state index contributed by atoms with van der Waals surface area (Å²) in [6, 6.07) is 6.61. The molecular formula is C12H9FN4. The van der Waals surface area contributed by atoms with E-state index in [1.165, 1.54) is 6.07 Å². The van der Waals surface area contributed by atoms with E-state index in [9.17, 15) is 4.39 Å². The molecule has 17 heavy (non-hydrogen) atoms. The molecule has 0 unspecified atom stereocenters. The van der Waals surface area contributed by atoms with E-state index in [1.54, 1.807) is 30.6 Å². The number of H-pyrrole nitrogens is 1. The zero-order chi connectivity index (χ0) is 11.8. The van der Waals surface area contributed by atoms with Crippen molar-refractivity contribution in [1.29, 1.82) is 0 Å². The van der Waals surface area contributed by atoms with Crippen molar-refractivity contribution in [3.05, 3.63) is 42.5 Å². The van der Waals surface area contributed by atoms with Crippen LogP contribution in [0.2, 0.25) is 0 Å². The number of nitrogen functional groups attached to an aromatic ring is 1. The lowest BCUT2D eigenvalue weighted by Gasteiger charge is -2.02. The van der Waals surface area contributed by atoms with Crippen LogP contribution >= 0.6 is 0 Å². The Balaban J connectivity index is 2.26. The third-order valence-corrected chi connectivity index (χ3v) is 2.56. The number of benzene rings is 1. The number of hydrogen-bond acceptors (Lipinski definition) is 3. The predicted molar refractivity (Wildman–Crippen MR) is 63.7 cm³/mol. The molecule has 0 fully saturated rings. The number of aromatic nitrogens is 3. The molecule has 3 N–H and O–H groups in total. The number of nitrogens with two attached hydrogens (primary N) is 1. The Hall–Kier alpha value is -2.43. The van der Waals surface area contributed by atoms with E-state index >= 15 is 0 Å². The van der Waals surface area contributed by atoms with Crippen LogP contribution in [0, 0.1) is 5.82 Å². The third-order valence-electron chi connectivity index (χ3n) is 2.56. The topological polar surface area (TPSA) is 67.6 Å². The molecule has 1 aromatic carbocycles. The molecule has 0 amide bonds. The van der Waals surface area contributed by atoms with E-state index in [0.717, 1.165) is 0 Å². The lowest BCUT2D eigenvalue weighted by Crippen LogP contribution is -1.85. The predicted octanol–water partition coefficient (Wildman–Crippen LogP) is 2.35. The van der Waals surface area contributed by atoms with E-state index < -0.39 is 0 Å². The molecule has 84 valence electrons. The lowest BCUT2D eigenvalue weighted by atomic mass is 10.1. The maximum Gasteiger partial charge on any atom is 0.198 e. The summed E-state index contributed by atoms with van der Waals surface area (Å²) < 4.78 is 13.9. The van der Waals surface area contributed by atoms with Gasteiger partial charge in [0.15, 0.2) is 5.95 Å². The SMILES string of the molecule is Nc1nc2cc(-c3cccnc3)c(F)cc2[nH]1. The van der Waals surface area contributed by atoms with Gasteiger partial charge in [0, 0.05) is 29.6 Å². The van der Waals surface area contributed by atoms with Crippen molar-refractivity contribution in [2.75, 3.05) is 5.73 Å². The van der Waals surface area contributed by atoms with E-state index in [4.69, 9.17) is 5.73 Å². The quantitative estimate of drug-likeness (QED) is 0.671. The minimum absolute atomic E-state index is 0.280. The van der Waals surface area contributed by atoms with Crippen LogP contribution in [0.25, 0.3) is 22.2 Å². The van der Waals surface area contributed by atoms with Crippen molar-refractivity contribution < 1.29 is 4.39 Å². The Morgan fingerprint density at radius 1 is 1.29 bits per heavy atom. The molecule has 0 radical (unpaired) electrons. The zero-order valence-corrected chi connectivity index (χ0v) is 8.81. The van der Waals surface area contributed by atoms with Crippen LogP contribution in [0.3, 0.4) is 0 Å². The first-order chi connectivity index (χ1) is 8.24. The number of anilines is 1. The van der Waals surface area contributed by atoms with Crippen LogP contribution in [0.4, 0.5) is 10.3 Å². The van der Waals surface area contributed by atoms with E-state index in [2.05, 4.69) is 15.0 Å². The zero-order valence-electron chi connectivity index (χ0n) is 8.81. The number of rotatable bonds is 1. The normalized spacial score (nSPS) is 10.9. The average molecular weight is 228 g/mol. The Labute approximate surface area is 96.3 Å². The summed E-state index contributed by atoms with van der Waals surface area (Å²) >= 11 is 0. The minimum Gasteiger partial charge on any atom is -0.369 e. The van der Waals surface area contributed by atoms with Gasteiger partial charge in [0.05, 0.1) is 11.0 Å². The highest BCUT2D eigenvalue weighted by Crippen LogP contribution is 2.26. The number of aromatic amines is 1. The fourth-order valence-electron chi connectivity index (χ4n) is 1.79. The third kappa shape index (κ3) is 1.61. The molecular weight excluding hydrogens is 219 g/mol. The number of imidazole rings is 1. The second-order valence-electron chi connectivity index (χ2n) is 3.71. The van der Waals surface area contributed by atoms with Gasteiger partial charge >= 0.3 is 0 Å². The number of pyridine rings is 1. The Morgan fingerprint density at radius 2 is 2.18 bits per heavy atom. The summed E-state index contributed by atoms with van der Waals surface area (Å²) in [6.07, 6.45) is 3.26. The van der Waals surface area contributed by atoms with Gasteiger partial charge in [0.2, 0.25) is 0 Å². The van der Waals surface area contributed by atoms with Gasteiger partial charge in [-0.2, -0.15) is 0 Å². The molecule has 3 rings (SSSR count). The van der Waals surface area contributed by atoms with Crippen LogP contribution < -0.4 is 5.73 Å². The fraction of sp³-hybridized carbons (Fsp3) is 0. The number of nitrogens with zero attached hydrogens (tertiary/aromatic N) is 2. The highest BCUT2D eigenvalue weighted by molar-refractivity contribution is 5.83. The summed E-state index contributed by atoms with van der Waals surface area (Å²) in [5.74, 6) is -0.0445. The molecule has 0 saturated heterocycles. The molecule has 0 spiro atoms. The van der Waals surface area contributed by atoms with Gasteiger partial charge in [0.1, 0.15) is 5.82 Å². The number of hydrogen-bond donors (Lipinski definition) is 2. The van der Waals surface area contributed by atoms with Crippen molar-refractivity contribution in [2.24, 2.45) is 0 Å². The molecule has 4 nitrogen and oxygen atoms in total. The highest BCUT2D eigenvalue weighted by Gasteiger charge is 2.09. The maximum absolute atomic E-state index is 13.9. The standard InChI is InChI=1S/C12H9FN4/c13-9-5-11-10(16-12(14)17-11)4-8(9)7-2-1-3-15-6-7/h1-6H,(H3,14,16,17). The summed E-state index contributed by atoms with van der Waals surface area (Å²) in [7, 11) is 0.